The Kier molecular flexibility index (Phi) is 3.98. The monoisotopic (exact) mass is 391 g/mol. The van der Waals surface area contributed by atoms with Gasteiger partial charge in [-0.3, -0.25) is 9.97 Å². The van der Waals surface area contributed by atoms with Gasteiger partial charge in [0.15, 0.2) is 0 Å². The van der Waals surface area contributed by atoms with E-state index in [2.05, 4.69) is 59.3 Å². The topological polar surface area (TPSA) is 37.8 Å². The van der Waals surface area contributed by atoms with Crippen molar-refractivity contribution in [3.05, 3.63) is 63.4 Å². The van der Waals surface area contributed by atoms with Crippen LogP contribution in [0.1, 0.15) is 5.69 Å². The van der Waals surface area contributed by atoms with Gasteiger partial charge in [-0.2, -0.15) is 0 Å². The number of aromatic nitrogens is 2. The first kappa shape index (κ1) is 13.5. The van der Waals surface area contributed by atoms with Crippen molar-refractivity contribution in [1.82, 2.24) is 9.97 Å². The molecule has 0 fully saturated rings. The summed E-state index contributed by atoms with van der Waals surface area (Å²) in [6.07, 6.45) is 3.60. The van der Waals surface area contributed by atoms with E-state index in [0.717, 1.165) is 31.2 Å². The van der Waals surface area contributed by atoms with Crippen molar-refractivity contribution < 1.29 is 0 Å². The molecule has 3 rings (SSSR count). The summed E-state index contributed by atoms with van der Waals surface area (Å²) in [4.78, 5) is 8.82. The van der Waals surface area contributed by atoms with E-state index in [1.165, 1.54) is 0 Å². The van der Waals surface area contributed by atoms with Crippen molar-refractivity contribution in [2.24, 2.45) is 0 Å². The van der Waals surface area contributed by atoms with Gasteiger partial charge in [0.05, 0.1) is 23.4 Å². The summed E-state index contributed by atoms with van der Waals surface area (Å²) in [7, 11) is 0. The maximum atomic E-state index is 4.43. The van der Waals surface area contributed by atoms with Crippen LogP contribution in [0.15, 0.2) is 57.7 Å². The minimum absolute atomic E-state index is 0.642. The molecule has 0 amide bonds. The Morgan fingerprint density at radius 2 is 1.90 bits per heavy atom. The maximum Gasteiger partial charge on any atom is 0.0933 e. The maximum absolute atomic E-state index is 4.43. The van der Waals surface area contributed by atoms with Crippen molar-refractivity contribution in [2.45, 2.75) is 6.54 Å². The summed E-state index contributed by atoms with van der Waals surface area (Å²) in [6, 6.07) is 12.1. The zero-order valence-electron chi connectivity index (χ0n) is 10.5. The molecule has 1 aromatic carbocycles. The minimum atomic E-state index is 0.642. The highest BCUT2D eigenvalue weighted by Gasteiger charge is 2.05. The van der Waals surface area contributed by atoms with Crippen LogP contribution in [0.4, 0.5) is 5.69 Å². The van der Waals surface area contributed by atoms with Gasteiger partial charge in [-0.1, -0.05) is 18.2 Å². The Morgan fingerprint density at radius 1 is 1.05 bits per heavy atom. The number of fused-ring (bicyclic) bond motifs is 1. The lowest BCUT2D eigenvalue weighted by Crippen LogP contribution is -2.03. The van der Waals surface area contributed by atoms with E-state index in [1.807, 2.05) is 24.3 Å². The van der Waals surface area contributed by atoms with Crippen LogP contribution in [0.3, 0.4) is 0 Å². The third kappa shape index (κ3) is 2.83. The molecule has 0 bridgehead atoms. The number of hydrogen-bond acceptors (Lipinski definition) is 3. The van der Waals surface area contributed by atoms with E-state index >= 15 is 0 Å². The average Bonchev–Trinajstić information content (AvgIpc) is 2.46. The molecule has 0 spiro atoms. The number of benzene rings is 1. The number of halogens is 2. The quantitative estimate of drug-likeness (QED) is 0.697. The van der Waals surface area contributed by atoms with Crippen LogP contribution in [0, 0.1) is 0 Å². The average molecular weight is 393 g/mol. The van der Waals surface area contributed by atoms with Gasteiger partial charge >= 0.3 is 0 Å². The Morgan fingerprint density at radius 3 is 2.75 bits per heavy atom. The van der Waals surface area contributed by atoms with Gasteiger partial charge < -0.3 is 5.32 Å². The van der Waals surface area contributed by atoms with E-state index < -0.39 is 0 Å². The Hall–Kier alpha value is -1.46. The zero-order chi connectivity index (χ0) is 13.9. The molecule has 0 aliphatic carbocycles. The molecule has 0 radical (unpaired) electrons. The first-order valence-corrected chi connectivity index (χ1v) is 7.70. The summed E-state index contributed by atoms with van der Waals surface area (Å²) >= 11 is 6.92. The molecule has 1 N–H and O–H groups in total. The van der Waals surface area contributed by atoms with Gasteiger partial charge in [-0.05, 0) is 50.1 Å². The van der Waals surface area contributed by atoms with Gasteiger partial charge in [0.25, 0.3) is 0 Å². The predicted molar refractivity (Wildman–Crippen MR) is 88.7 cm³/mol. The van der Waals surface area contributed by atoms with Crippen LogP contribution in [0.25, 0.3) is 10.9 Å². The van der Waals surface area contributed by atoms with Crippen LogP contribution < -0.4 is 5.32 Å². The van der Waals surface area contributed by atoms with E-state index in [4.69, 9.17) is 0 Å². The number of hydrogen-bond donors (Lipinski definition) is 1. The molecule has 0 saturated carbocycles. The number of pyridine rings is 2. The van der Waals surface area contributed by atoms with Crippen molar-refractivity contribution in [3.8, 4) is 0 Å². The lowest BCUT2D eigenvalue weighted by Gasteiger charge is -2.09. The number of rotatable bonds is 3. The minimum Gasteiger partial charge on any atom is -0.378 e. The van der Waals surface area contributed by atoms with Crippen molar-refractivity contribution >= 4 is 48.5 Å². The molecule has 0 saturated heterocycles. The number of para-hydroxylation sites is 1. The molecule has 0 unspecified atom stereocenters. The first-order valence-electron chi connectivity index (χ1n) is 6.11. The summed E-state index contributed by atoms with van der Waals surface area (Å²) in [5.74, 6) is 0. The summed E-state index contributed by atoms with van der Waals surface area (Å²) < 4.78 is 1.94. The molecule has 0 aliphatic rings. The second-order valence-electron chi connectivity index (χ2n) is 4.32. The molecule has 3 aromatic rings. The molecule has 0 aliphatic heterocycles. The third-order valence-corrected chi connectivity index (χ3v) is 4.08. The Labute approximate surface area is 133 Å². The fourth-order valence-corrected chi connectivity index (χ4v) is 3.13. The largest absolute Gasteiger partial charge is 0.378 e. The van der Waals surface area contributed by atoms with Crippen LogP contribution in [-0.4, -0.2) is 9.97 Å². The van der Waals surface area contributed by atoms with Gasteiger partial charge in [-0.15, -0.1) is 0 Å². The van der Waals surface area contributed by atoms with Gasteiger partial charge in [0.1, 0.15) is 0 Å². The molecular formula is C15H11Br2N3. The van der Waals surface area contributed by atoms with Crippen molar-refractivity contribution in [1.29, 1.82) is 0 Å². The van der Waals surface area contributed by atoms with Crippen molar-refractivity contribution in [2.75, 3.05) is 5.32 Å². The molecule has 5 heteroatoms. The van der Waals surface area contributed by atoms with Crippen LogP contribution in [0.2, 0.25) is 0 Å². The highest BCUT2D eigenvalue weighted by atomic mass is 79.9. The number of anilines is 1. The highest BCUT2D eigenvalue weighted by molar-refractivity contribution is 9.11. The fraction of sp³-hybridized carbons (Fsp3) is 0.0667. The number of nitrogens with zero attached hydrogens (tertiary/aromatic N) is 2. The number of nitrogens with one attached hydrogen (secondary N) is 1. The second-order valence-corrected chi connectivity index (χ2v) is 6.09. The molecular weight excluding hydrogens is 382 g/mol. The van der Waals surface area contributed by atoms with Crippen molar-refractivity contribution in [3.63, 3.8) is 0 Å². The molecule has 100 valence electrons. The molecule has 2 aromatic heterocycles. The summed E-state index contributed by atoms with van der Waals surface area (Å²) in [5.41, 5.74) is 2.95. The van der Waals surface area contributed by atoms with E-state index in [0.29, 0.717) is 6.54 Å². The zero-order valence-corrected chi connectivity index (χ0v) is 13.6. The fourth-order valence-electron chi connectivity index (χ4n) is 2.00. The lowest BCUT2D eigenvalue weighted by atomic mass is 10.2. The Balaban J connectivity index is 1.87. The van der Waals surface area contributed by atoms with E-state index in [9.17, 15) is 0 Å². The smallest absolute Gasteiger partial charge is 0.0933 e. The van der Waals surface area contributed by atoms with Gasteiger partial charge in [0.2, 0.25) is 0 Å². The van der Waals surface area contributed by atoms with E-state index in [1.54, 1.807) is 12.4 Å². The lowest BCUT2D eigenvalue weighted by molar-refractivity contribution is 1.03. The summed E-state index contributed by atoms with van der Waals surface area (Å²) in [6.45, 7) is 0.642. The van der Waals surface area contributed by atoms with Crippen LogP contribution in [-0.2, 0) is 6.54 Å². The standard InChI is InChI=1S/C15H11Br2N3/c16-11-7-12(17)14(19-8-11)9-20-13-5-1-3-10-4-2-6-18-15(10)13/h1-8,20H,9H2. The predicted octanol–water partition coefficient (Wildman–Crippen LogP) is 4.77. The normalized spacial score (nSPS) is 10.7. The molecule has 2 heterocycles. The van der Waals surface area contributed by atoms with Crippen LogP contribution >= 0.6 is 31.9 Å². The van der Waals surface area contributed by atoms with Gasteiger partial charge in [-0.25, -0.2) is 0 Å². The molecule has 0 atom stereocenters. The third-order valence-electron chi connectivity index (χ3n) is 2.96. The molecule has 20 heavy (non-hydrogen) atoms. The Bertz CT molecular complexity index is 754. The highest BCUT2D eigenvalue weighted by Crippen LogP contribution is 2.23. The SMILES string of the molecule is Brc1cnc(CNc2cccc3cccnc23)c(Br)c1. The molecule has 3 nitrogen and oxygen atoms in total. The summed E-state index contributed by atoms with van der Waals surface area (Å²) in [5, 5.41) is 4.52. The van der Waals surface area contributed by atoms with E-state index in [-0.39, 0.29) is 0 Å². The van der Waals surface area contributed by atoms with Crippen LogP contribution in [0.5, 0.6) is 0 Å². The van der Waals surface area contributed by atoms with Gasteiger partial charge in [0, 0.05) is 26.7 Å². The second kappa shape index (κ2) is 5.89. The first-order chi connectivity index (χ1) is 9.74.